The number of sulfonamides is 1. The molecule has 0 aliphatic carbocycles. The lowest BCUT2D eigenvalue weighted by atomic mass is 9.99. The van der Waals surface area contributed by atoms with Crippen LogP contribution in [0.2, 0.25) is 0 Å². The molecule has 0 radical (unpaired) electrons. The second kappa shape index (κ2) is 9.69. The molecule has 0 fully saturated rings. The van der Waals surface area contributed by atoms with Gasteiger partial charge in [-0.3, -0.25) is 9.40 Å². The van der Waals surface area contributed by atoms with E-state index in [0.29, 0.717) is 11.4 Å². The molecule has 0 bridgehead atoms. The van der Waals surface area contributed by atoms with Crippen molar-refractivity contribution in [2.24, 2.45) is 0 Å². The molecular weight excluding hydrogens is 485 g/mol. The van der Waals surface area contributed by atoms with Crippen LogP contribution < -0.4 is 10.0 Å². The maximum absolute atomic E-state index is 14.8. The Morgan fingerprint density at radius 3 is 2.20 bits per heavy atom. The quantitative estimate of drug-likeness (QED) is 0.284. The average molecular weight is 506 g/mol. The van der Waals surface area contributed by atoms with Crippen molar-refractivity contribution in [3.63, 3.8) is 0 Å². The van der Waals surface area contributed by atoms with Crippen molar-refractivity contribution in [2.45, 2.75) is 10.9 Å². The summed E-state index contributed by atoms with van der Waals surface area (Å²) in [6, 6.07) is 23.7. The van der Waals surface area contributed by atoms with Crippen molar-refractivity contribution in [2.75, 3.05) is 10.0 Å². The van der Waals surface area contributed by atoms with E-state index in [1.54, 1.807) is 11.6 Å². The van der Waals surface area contributed by atoms with Gasteiger partial charge in [-0.1, -0.05) is 60.7 Å². The fourth-order valence-corrected chi connectivity index (χ4v) is 5.57. The van der Waals surface area contributed by atoms with Crippen molar-refractivity contribution in [3.8, 4) is 0 Å². The van der Waals surface area contributed by atoms with Crippen LogP contribution in [-0.4, -0.2) is 23.2 Å². The number of nitrogens with zero attached hydrogens (tertiary/aromatic N) is 3. The number of benzene rings is 3. The van der Waals surface area contributed by atoms with Crippen molar-refractivity contribution < 1.29 is 12.8 Å². The molecule has 0 unspecified atom stereocenters. The fraction of sp³-hybridized carbons (Fsp3) is 0.0400. The Kier molecular flexibility index (Phi) is 6.30. The molecule has 0 aliphatic heterocycles. The van der Waals surface area contributed by atoms with E-state index in [4.69, 9.17) is 0 Å². The van der Waals surface area contributed by atoms with Gasteiger partial charge in [0, 0.05) is 23.5 Å². The summed E-state index contributed by atoms with van der Waals surface area (Å²) in [6.45, 7) is 0. The molecular formula is C25H20FN5O2S2. The number of nitrogens with one attached hydrogen (secondary N) is 2. The summed E-state index contributed by atoms with van der Waals surface area (Å²) >= 11 is 1.11. The number of thiazole rings is 1. The Morgan fingerprint density at radius 1 is 0.914 bits per heavy atom. The summed E-state index contributed by atoms with van der Waals surface area (Å²) in [6.07, 6.45) is 4.94. The molecule has 5 aromatic rings. The van der Waals surface area contributed by atoms with Crippen LogP contribution in [0.4, 0.5) is 20.9 Å². The summed E-state index contributed by atoms with van der Waals surface area (Å²) in [4.78, 5) is 3.42. The van der Waals surface area contributed by atoms with E-state index in [2.05, 4.69) is 20.1 Å². The first kappa shape index (κ1) is 22.8. The van der Waals surface area contributed by atoms with Crippen LogP contribution in [0, 0.1) is 5.82 Å². The Hall–Kier alpha value is -4.02. The lowest BCUT2D eigenvalue weighted by molar-refractivity contribution is 0.570. The van der Waals surface area contributed by atoms with Crippen molar-refractivity contribution in [1.29, 1.82) is 0 Å². The third-order valence-corrected chi connectivity index (χ3v) is 7.45. The lowest BCUT2D eigenvalue weighted by Crippen LogP contribution is -2.14. The van der Waals surface area contributed by atoms with E-state index in [9.17, 15) is 12.8 Å². The fourth-order valence-electron chi connectivity index (χ4n) is 3.72. The number of hydrogen-bond donors (Lipinski definition) is 2. The van der Waals surface area contributed by atoms with Crippen LogP contribution in [0.3, 0.4) is 0 Å². The van der Waals surface area contributed by atoms with Gasteiger partial charge in [0.25, 0.3) is 10.0 Å². The smallest absolute Gasteiger partial charge is 0.266 e. The summed E-state index contributed by atoms with van der Waals surface area (Å²) in [7, 11) is -4.09. The molecule has 0 spiro atoms. The zero-order valence-electron chi connectivity index (χ0n) is 18.2. The highest BCUT2D eigenvalue weighted by atomic mass is 32.2. The molecule has 2 heterocycles. The van der Waals surface area contributed by atoms with Crippen LogP contribution in [0.15, 0.2) is 108 Å². The molecule has 176 valence electrons. The highest BCUT2D eigenvalue weighted by molar-refractivity contribution is 7.93. The first-order chi connectivity index (χ1) is 17.0. The second-order valence-electron chi connectivity index (χ2n) is 7.65. The van der Waals surface area contributed by atoms with Crippen LogP contribution in [0.25, 0.3) is 0 Å². The van der Waals surface area contributed by atoms with E-state index in [0.717, 1.165) is 28.5 Å². The van der Waals surface area contributed by atoms with Gasteiger partial charge in [-0.15, -0.1) is 11.3 Å². The molecule has 3 aromatic carbocycles. The predicted molar refractivity (Wildman–Crippen MR) is 135 cm³/mol. The minimum atomic E-state index is -4.09. The molecule has 0 saturated heterocycles. The number of rotatable bonds is 8. The molecule has 5 rings (SSSR count). The maximum atomic E-state index is 14.8. The maximum Gasteiger partial charge on any atom is 0.266 e. The van der Waals surface area contributed by atoms with Crippen LogP contribution >= 0.6 is 11.3 Å². The first-order valence-corrected chi connectivity index (χ1v) is 13.0. The lowest BCUT2D eigenvalue weighted by Gasteiger charge is -2.18. The molecule has 0 saturated carbocycles. The Balaban J connectivity index is 1.39. The molecule has 10 heteroatoms. The van der Waals surface area contributed by atoms with E-state index in [1.807, 2.05) is 71.5 Å². The monoisotopic (exact) mass is 505 g/mol. The normalized spacial score (nSPS) is 11.5. The third kappa shape index (κ3) is 5.08. The van der Waals surface area contributed by atoms with Gasteiger partial charge in [-0.05, 0) is 29.3 Å². The minimum Gasteiger partial charge on any atom is -0.353 e. The number of halogens is 1. The van der Waals surface area contributed by atoms with Gasteiger partial charge in [0.15, 0.2) is 5.13 Å². The van der Waals surface area contributed by atoms with Gasteiger partial charge in [0.2, 0.25) is 0 Å². The van der Waals surface area contributed by atoms with Gasteiger partial charge in [-0.2, -0.15) is 5.10 Å². The molecule has 2 N–H and O–H groups in total. The summed E-state index contributed by atoms with van der Waals surface area (Å²) in [5.41, 5.74) is 3.17. The molecule has 0 aliphatic rings. The van der Waals surface area contributed by atoms with Crippen LogP contribution in [0.1, 0.15) is 17.2 Å². The largest absolute Gasteiger partial charge is 0.353 e. The van der Waals surface area contributed by atoms with Crippen molar-refractivity contribution in [3.05, 3.63) is 120 Å². The first-order valence-electron chi connectivity index (χ1n) is 10.6. The average Bonchev–Trinajstić information content (AvgIpc) is 3.53. The van der Waals surface area contributed by atoms with Gasteiger partial charge in [0.1, 0.15) is 16.8 Å². The number of hydrogen-bond acceptors (Lipinski definition) is 6. The molecule has 35 heavy (non-hydrogen) atoms. The Morgan fingerprint density at radius 2 is 1.60 bits per heavy atom. The second-order valence-corrected chi connectivity index (χ2v) is 10.2. The van der Waals surface area contributed by atoms with Crippen LogP contribution in [0.5, 0.6) is 0 Å². The SMILES string of the molecule is O=S(=O)(Nc1nccs1)c1ccc(Nc2cnn(C(c3ccccc3)c3ccccc3)c2)cc1F. The summed E-state index contributed by atoms with van der Waals surface area (Å²) < 4.78 is 43.9. The number of aromatic nitrogens is 3. The zero-order chi connectivity index (χ0) is 24.3. The van der Waals surface area contributed by atoms with Crippen LogP contribution in [-0.2, 0) is 10.0 Å². The van der Waals surface area contributed by atoms with Gasteiger partial charge >= 0.3 is 0 Å². The van der Waals surface area contributed by atoms with E-state index < -0.39 is 20.7 Å². The zero-order valence-corrected chi connectivity index (χ0v) is 19.9. The van der Waals surface area contributed by atoms with Gasteiger partial charge in [-0.25, -0.2) is 17.8 Å². The van der Waals surface area contributed by atoms with Gasteiger partial charge in [0.05, 0.1) is 11.9 Å². The molecule has 0 atom stereocenters. The minimum absolute atomic E-state index is 0.144. The van der Waals surface area contributed by atoms with E-state index >= 15 is 0 Å². The topological polar surface area (TPSA) is 88.9 Å². The van der Waals surface area contributed by atoms with E-state index in [1.165, 1.54) is 18.3 Å². The predicted octanol–water partition coefficient (Wildman–Crippen LogP) is 5.66. The standard InChI is InChI=1S/C25H20FN5O2S2/c26-22-15-20(11-12-23(22)35(32,33)30-25-27-13-14-34-25)29-21-16-28-31(17-21)24(18-7-3-1-4-8-18)19-9-5-2-6-10-19/h1-17,24,29H,(H,27,30). The highest BCUT2D eigenvalue weighted by Gasteiger charge is 2.21. The van der Waals surface area contributed by atoms with Crippen molar-refractivity contribution in [1.82, 2.24) is 14.8 Å². The van der Waals surface area contributed by atoms with Crippen molar-refractivity contribution >= 4 is 37.9 Å². The summed E-state index contributed by atoms with van der Waals surface area (Å²) in [5, 5.41) is 9.43. The molecule has 0 amide bonds. The molecule has 7 nitrogen and oxygen atoms in total. The van der Waals surface area contributed by atoms with E-state index in [-0.39, 0.29) is 11.2 Å². The Bertz CT molecular complexity index is 1480. The van der Waals surface area contributed by atoms with Gasteiger partial charge < -0.3 is 5.32 Å². The third-order valence-electron chi connectivity index (χ3n) is 5.26. The molecule has 2 aromatic heterocycles. The number of anilines is 3. The Labute approximate surface area is 206 Å². The summed E-state index contributed by atoms with van der Waals surface area (Å²) in [5.74, 6) is -0.877. The highest BCUT2D eigenvalue weighted by Crippen LogP contribution is 2.29.